The second-order valence-electron chi connectivity index (χ2n) is 6.47. The monoisotopic (exact) mass is 347 g/mol. The minimum Gasteiger partial charge on any atom is -0.494 e. The Morgan fingerprint density at radius 3 is 2.54 bits per heavy atom. The first-order valence-electron chi connectivity index (χ1n) is 9.16. The largest absolute Gasteiger partial charge is 0.494 e. The Morgan fingerprint density at radius 2 is 1.81 bits per heavy atom. The minimum atomic E-state index is 0.000452. The number of amides is 1. The van der Waals surface area contributed by atoms with Gasteiger partial charge in [0.25, 0.3) is 0 Å². The third-order valence-corrected chi connectivity index (χ3v) is 4.36. The zero-order chi connectivity index (χ0) is 18.4. The van der Waals surface area contributed by atoms with Crippen LogP contribution in [0.4, 0.5) is 0 Å². The van der Waals surface area contributed by atoms with Gasteiger partial charge in [-0.1, -0.05) is 49.4 Å². The van der Waals surface area contributed by atoms with E-state index in [4.69, 9.17) is 4.74 Å². The Hall–Kier alpha value is -2.81. The molecular formula is C23H25NO2. The van der Waals surface area contributed by atoms with Gasteiger partial charge in [-0.15, -0.1) is 0 Å². The predicted molar refractivity (Wildman–Crippen MR) is 108 cm³/mol. The quantitative estimate of drug-likeness (QED) is 0.655. The molecular weight excluding hydrogens is 322 g/mol. The van der Waals surface area contributed by atoms with Gasteiger partial charge in [-0.25, -0.2) is 0 Å². The van der Waals surface area contributed by atoms with Gasteiger partial charge < -0.3 is 10.1 Å². The maximum absolute atomic E-state index is 11.2. The van der Waals surface area contributed by atoms with Crippen LogP contribution in [0, 0.1) is 0 Å². The van der Waals surface area contributed by atoms with Crippen molar-refractivity contribution in [3.63, 3.8) is 0 Å². The molecule has 3 nitrogen and oxygen atoms in total. The third kappa shape index (κ3) is 4.42. The second kappa shape index (κ2) is 8.52. The first kappa shape index (κ1) is 18.0. The van der Waals surface area contributed by atoms with Gasteiger partial charge >= 0.3 is 0 Å². The number of nitrogens with one attached hydrogen (secondary N) is 1. The van der Waals surface area contributed by atoms with E-state index in [2.05, 4.69) is 60.8 Å². The van der Waals surface area contributed by atoms with Crippen molar-refractivity contribution >= 4 is 16.7 Å². The van der Waals surface area contributed by atoms with Crippen molar-refractivity contribution in [2.75, 3.05) is 13.2 Å². The third-order valence-electron chi connectivity index (χ3n) is 4.36. The van der Waals surface area contributed by atoms with Crippen LogP contribution in [-0.2, 0) is 11.2 Å². The van der Waals surface area contributed by atoms with Crippen LogP contribution in [0.1, 0.15) is 25.8 Å². The Balaban J connectivity index is 2.02. The molecule has 0 atom stereocenters. The van der Waals surface area contributed by atoms with Crippen LogP contribution in [-0.4, -0.2) is 19.1 Å². The second-order valence-corrected chi connectivity index (χ2v) is 6.47. The molecule has 0 aliphatic rings. The number of ether oxygens (including phenoxy) is 1. The van der Waals surface area contributed by atoms with Crippen molar-refractivity contribution in [2.45, 2.75) is 26.7 Å². The molecule has 3 heteroatoms. The van der Waals surface area contributed by atoms with E-state index in [-0.39, 0.29) is 5.91 Å². The lowest BCUT2D eigenvalue weighted by Gasteiger charge is -2.13. The molecule has 0 bridgehead atoms. The van der Waals surface area contributed by atoms with E-state index < -0.39 is 0 Å². The molecule has 0 aromatic heterocycles. The first-order valence-corrected chi connectivity index (χ1v) is 9.16. The Bertz CT molecular complexity index is 887. The van der Waals surface area contributed by atoms with Gasteiger partial charge in [0.1, 0.15) is 5.75 Å². The molecule has 3 aromatic rings. The Kier molecular flexibility index (Phi) is 5.90. The van der Waals surface area contributed by atoms with E-state index in [1.165, 1.54) is 27.5 Å². The van der Waals surface area contributed by atoms with E-state index >= 15 is 0 Å². The topological polar surface area (TPSA) is 38.3 Å². The van der Waals surface area contributed by atoms with Gasteiger partial charge in [0.15, 0.2) is 0 Å². The normalized spacial score (nSPS) is 10.7. The lowest BCUT2D eigenvalue weighted by atomic mass is 9.95. The molecule has 0 fully saturated rings. The molecule has 134 valence electrons. The van der Waals surface area contributed by atoms with Crippen LogP contribution < -0.4 is 10.1 Å². The summed E-state index contributed by atoms with van der Waals surface area (Å²) < 4.78 is 5.81. The minimum absolute atomic E-state index is 0.000452. The average Bonchev–Trinajstić information content (AvgIpc) is 2.66. The van der Waals surface area contributed by atoms with Crippen LogP contribution in [0.2, 0.25) is 0 Å². The van der Waals surface area contributed by atoms with Crippen LogP contribution in [0.3, 0.4) is 0 Å². The van der Waals surface area contributed by atoms with Crippen molar-refractivity contribution in [1.82, 2.24) is 5.32 Å². The highest BCUT2D eigenvalue weighted by molar-refractivity contribution is 5.91. The highest BCUT2D eigenvalue weighted by Crippen LogP contribution is 2.30. The summed E-state index contributed by atoms with van der Waals surface area (Å²) in [5.41, 5.74) is 3.61. The number of fused-ring (bicyclic) bond motifs is 1. The molecule has 1 amide bonds. The zero-order valence-corrected chi connectivity index (χ0v) is 15.4. The molecule has 0 unspecified atom stereocenters. The number of hydrogen-bond donors (Lipinski definition) is 1. The van der Waals surface area contributed by atoms with Crippen LogP contribution >= 0.6 is 0 Å². The van der Waals surface area contributed by atoms with Crippen LogP contribution in [0.25, 0.3) is 21.9 Å². The van der Waals surface area contributed by atoms with Crippen LogP contribution in [0.15, 0.2) is 60.7 Å². The van der Waals surface area contributed by atoms with Crippen molar-refractivity contribution in [2.24, 2.45) is 0 Å². The van der Waals surface area contributed by atoms with Crippen molar-refractivity contribution in [1.29, 1.82) is 0 Å². The molecule has 1 N–H and O–H groups in total. The summed E-state index contributed by atoms with van der Waals surface area (Å²) in [5, 5.41) is 5.27. The lowest BCUT2D eigenvalue weighted by molar-refractivity contribution is -0.118. The van der Waals surface area contributed by atoms with E-state index in [1.54, 1.807) is 6.92 Å². The predicted octanol–water partition coefficient (Wildman–Crippen LogP) is 4.97. The van der Waals surface area contributed by atoms with Gasteiger partial charge in [0.05, 0.1) is 6.61 Å². The fourth-order valence-electron chi connectivity index (χ4n) is 3.10. The molecule has 0 aliphatic heterocycles. The summed E-state index contributed by atoms with van der Waals surface area (Å²) >= 11 is 0. The fraction of sp³-hybridized carbons (Fsp3) is 0.261. The van der Waals surface area contributed by atoms with E-state index in [0.717, 1.165) is 25.2 Å². The standard InChI is InChI=1S/C23H25NO2/c1-3-13-26-22-10-9-19-14-21(18-7-5-4-6-8-18)15-20(23(19)16-22)11-12-24-17(2)25/h4-10,14-16H,3,11-13H2,1-2H3,(H,24,25). The number of hydrogen-bond acceptors (Lipinski definition) is 2. The number of carbonyl (C=O) groups is 1. The summed E-state index contributed by atoms with van der Waals surface area (Å²) in [7, 11) is 0. The molecule has 0 spiro atoms. The van der Waals surface area contributed by atoms with E-state index in [9.17, 15) is 4.79 Å². The molecule has 0 heterocycles. The molecule has 0 saturated carbocycles. The molecule has 3 aromatic carbocycles. The maximum Gasteiger partial charge on any atom is 0.216 e. The molecule has 3 rings (SSSR count). The molecule has 26 heavy (non-hydrogen) atoms. The van der Waals surface area contributed by atoms with Crippen molar-refractivity contribution < 1.29 is 9.53 Å². The average molecular weight is 347 g/mol. The van der Waals surface area contributed by atoms with Gasteiger partial charge in [0.2, 0.25) is 5.91 Å². The highest BCUT2D eigenvalue weighted by atomic mass is 16.5. The first-order chi connectivity index (χ1) is 12.7. The summed E-state index contributed by atoms with van der Waals surface area (Å²) in [6.45, 7) is 5.00. The number of carbonyl (C=O) groups excluding carboxylic acids is 1. The summed E-state index contributed by atoms with van der Waals surface area (Å²) in [4.78, 5) is 11.2. The van der Waals surface area contributed by atoms with Crippen molar-refractivity contribution in [3.8, 4) is 16.9 Å². The highest BCUT2D eigenvalue weighted by Gasteiger charge is 2.08. The summed E-state index contributed by atoms with van der Waals surface area (Å²) in [5.74, 6) is 0.896. The molecule has 0 radical (unpaired) electrons. The molecule has 0 aliphatic carbocycles. The van der Waals surface area contributed by atoms with Gasteiger partial charge in [-0.2, -0.15) is 0 Å². The maximum atomic E-state index is 11.2. The Morgan fingerprint density at radius 1 is 1.00 bits per heavy atom. The van der Waals surface area contributed by atoms with Gasteiger partial charge in [-0.05, 0) is 58.5 Å². The fourth-order valence-corrected chi connectivity index (χ4v) is 3.10. The van der Waals surface area contributed by atoms with Crippen molar-refractivity contribution in [3.05, 3.63) is 66.2 Å². The number of rotatable bonds is 7. The van der Waals surface area contributed by atoms with Crippen LogP contribution in [0.5, 0.6) is 5.75 Å². The van der Waals surface area contributed by atoms with E-state index in [1.807, 2.05) is 12.1 Å². The summed E-state index contributed by atoms with van der Waals surface area (Å²) in [6.07, 6.45) is 1.77. The Labute approximate surface area is 155 Å². The number of benzene rings is 3. The lowest BCUT2D eigenvalue weighted by Crippen LogP contribution is -2.22. The summed E-state index contributed by atoms with van der Waals surface area (Å²) in [6, 6.07) is 21.1. The zero-order valence-electron chi connectivity index (χ0n) is 15.4. The van der Waals surface area contributed by atoms with Gasteiger partial charge in [0, 0.05) is 13.5 Å². The van der Waals surface area contributed by atoms with Gasteiger partial charge in [-0.3, -0.25) is 4.79 Å². The smallest absolute Gasteiger partial charge is 0.216 e. The SMILES string of the molecule is CCCOc1ccc2cc(-c3ccccc3)cc(CCNC(C)=O)c2c1. The molecule has 0 saturated heterocycles. The van der Waals surface area contributed by atoms with E-state index in [0.29, 0.717) is 6.54 Å².